The number of nitrogens with two attached hydrogens (primary N) is 2. The Kier molecular flexibility index (Phi) is 41.5. The number of primary amides is 2. The molecule has 0 aromatic rings. The summed E-state index contributed by atoms with van der Waals surface area (Å²) in [5, 5.41) is 20.1. The van der Waals surface area contributed by atoms with E-state index in [9.17, 15) is 19.2 Å². The molecule has 0 fully saturated rings. The van der Waals surface area contributed by atoms with Gasteiger partial charge >= 0.3 is 12.1 Å². The minimum absolute atomic E-state index is 0.159. The lowest BCUT2D eigenvalue weighted by Crippen LogP contribution is -2.09. The Balaban J connectivity index is -0.000000559. The van der Waals surface area contributed by atoms with Gasteiger partial charge < -0.3 is 21.7 Å². The molecule has 0 aliphatic heterocycles. The highest BCUT2D eigenvalue weighted by atomic mass is 17.5. The molecule has 0 radical (unpaired) electrons. The van der Waals surface area contributed by atoms with E-state index < -0.39 is 12.1 Å². The van der Waals surface area contributed by atoms with Crippen LogP contribution in [0.4, 0.5) is 4.79 Å². The number of carboxylic acid groups (broad SMARTS) is 2. The summed E-state index contributed by atoms with van der Waals surface area (Å²) in [6.45, 7) is 4.69. The van der Waals surface area contributed by atoms with Crippen LogP contribution in [0.15, 0.2) is 0 Å². The Bertz CT molecular complexity index is 582. The molecular formula is C32H64N2O9. The lowest BCUT2D eigenvalue weighted by molar-refractivity contribution is -0.485. The molecule has 2 amide bonds. The number of carbonyl (C=O) groups excluding carboxylic acids is 2. The van der Waals surface area contributed by atoms with Crippen LogP contribution in [0, 0.1) is 0 Å². The van der Waals surface area contributed by atoms with E-state index in [1.807, 2.05) is 0 Å². The number of hydrogen-bond donors (Lipinski definition) is 4. The fourth-order valence-corrected chi connectivity index (χ4v) is 4.10. The topological polar surface area (TPSA) is 188 Å². The molecule has 256 valence electrons. The SMILES string of the molecule is CCCCCCCCCCCC(N)=O.CCCCCCCCCCCC(N)=O.O=C(O)CCCCCCOOOC(=O)O. The standard InChI is InChI=1S/2C12H25NO.C8H14O7/c2*1-2-3-4-5-6-7-8-9-10-11-12(13)14;9-7(10)5-3-1-2-4-6-13-15-14-8(11)12/h2*2-11H2,1H3,(H2,13,14);1-6H2,(H,9,10)(H,11,12). The molecule has 0 saturated heterocycles. The molecule has 43 heavy (non-hydrogen) atoms. The summed E-state index contributed by atoms with van der Waals surface area (Å²) < 4.78 is 0. The lowest BCUT2D eigenvalue weighted by atomic mass is 10.1. The zero-order chi connectivity index (χ0) is 32.8. The normalized spacial score (nSPS) is 10.2. The number of rotatable bonds is 29. The van der Waals surface area contributed by atoms with Crippen LogP contribution in [-0.2, 0) is 29.2 Å². The molecular weight excluding hydrogens is 556 g/mol. The van der Waals surface area contributed by atoms with Crippen molar-refractivity contribution in [2.24, 2.45) is 11.5 Å². The van der Waals surface area contributed by atoms with Crippen LogP contribution in [-0.4, -0.2) is 40.8 Å². The van der Waals surface area contributed by atoms with Crippen LogP contribution < -0.4 is 11.5 Å². The fraction of sp³-hybridized carbons (Fsp3) is 0.875. The summed E-state index contributed by atoms with van der Waals surface area (Å²) in [6.07, 6.45) is 25.7. The van der Waals surface area contributed by atoms with Gasteiger partial charge in [0.15, 0.2) is 0 Å². The van der Waals surface area contributed by atoms with Crippen LogP contribution in [0.25, 0.3) is 0 Å². The van der Waals surface area contributed by atoms with E-state index in [2.05, 4.69) is 28.7 Å². The Morgan fingerprint density at radius 1 is 0.488 bits per heavy atom. The average molecular weight is 621 g/mol. The fourth-order valence-electron chi connectivity index (χ4n) is 4.10. The van der Waals surface area contributed by atoms with Crippen LogP contribution >= 0.6 is 0 Å². The predicted molar refractivity (Wildman–Crippen MR) is 169 cm³/mol. The summed E-state index contributed by atoms with van der Waals surface area (Å²) in [5.41, 5.74) is 10.1. The highest BCUT2D eigenvalue weighted by Crippen LogP contribution is 2.11. The van der Waals surface area contributed by atoms with Crippen LogP contribution in [0.5, 0.6) is 0 Å². The summed E-state index contributed by atoms with van der Waals surface area (Å²) in [5.74, 6) is -1.12. The van der Waals surface area contributed by atoms with Gasteiger partial charge in [0, 0.05) is 19.3 Å². The highest BCUT2D eigenvalue weighted by Gasteiger charge is 1.99. The van der Waals surface area contributed by atoms with Crippen molar-refractivity contribution in [1.82, 2.24) is 0 Å². The van der Waals surface area contributed by atoms with Gasteiger partial charge in [0.2, 0.25) is 11.8 Å². The number of carbonyl (C=O) groups is 4. The van der Waals surface area contributed by atoms with E-state index in [0.717, 1.165) is 38.5 Å². The molecule has 0 saturated carbocycles. The maximum Gasteiger partial charge on any atom is 0.540 e. The van der Waals surface area contributed by atoms with Crippen molar-refractivity contribution in [3.8, 4) is 0 Å². The van der Waals surface area contributed by atoms with Gasteiger partial charge in [0.05, 0.1) is 6.61 Å². The van der Waals surface area contributed by atoms with Crippen LogP contribution in [0.2, 0.25) is 0 Å². The van der Waals surface area contributed by atoms with Gasteiger partial charge in [-0.25, -0.2) is 9.68 Å². The van der Waals surface area contributed by atoms with Gasteiger partial charge in [-0.15, -0.1) is 0 Å². The molecule has 0 aromatic carbocycles. The first-order valence-electron chi connectivity index (χ1n) is 16.6. The maximum atomic E-state index is 10.4. The zero-order valence-electron chi connectivity index (χ0n) is 27.3. The largest absolute Gasteiger partial charge is 0.540 e. The Hall–Kier alpha value is -2.40. The summed E-state index contributed by atoms with van der Waals surface area (Å²) >= 11 is 0. The van der Waals surface area contributed by atoms with Crippen molar-refractivity contribution in [2.75, 3.05) is 6.61 Å². The number of carboxylic acids is 1. The van der Waals surface area contributed by atoms with Gasteiger partial charge in [-0.2, -0.15) is 4.89 Å². The highest BCUT2D eigenvalue weighted by molar-refractivity contribution is 5.73. The maximum absolute atomic E-state index is 10.4. The van der Waals surface area contributed by atoms with Gasteiger partial charge in [0.25, 0.3) is 0 Å². The molecule has 0 aromatic heterocycles. The van der Waals surface area contributed by atoms with Crippen molar-refractivity contribution in [3.63, 3.8) is 0 Å². The van der Waals surface area contributed by atoms with E-state index in [0.29, 0.717) is 25.7 Å². The van der Waals surface area contributed by atoms with Gasteiger partial charge in [-0.3, -0.25) is 14.4 Å². The van der Waals surface area contributed by atoms with Gasteiger partial charge in [-0.05, 0) is 30.7 Å². The summed E-state index contributed by atoms with van der Waals surface area (Å²) in [4.78, 5) is 48.7. The Labute approximate surface area is 260 Å². The molecule has 0 heterocycles. The van der Waals surface area contributed by atoms with Crippen LogP contribution in [0.3, 0.4) is 0 Å². The average Bonchev–Trinajstić information content (AvgIpc) is 2.94. The van der Waals surface area contributed by atoms with Crippen molar-refractivity contribution in [3.05, 3.63) is 0 Å². The molecule has 6 N–H and O–H groups in total. The Morgan fingerprint density at radius 2 is 0.814 bits per heavy atom. The molecule has 0 aliphatic carbocycles. The molecule has 11 heteroatoms. The quantitative estimate of drug-likeness (QED) is 0.0361. The van der Waals surface area contributed by atoms with Gasteiger partial charge in [0.1, 0.15) is 0 Å². The van der Waals surface area contributed by atoms with E-state index >= 15 is 0 Å². The van der Waals surface area contributed by atoms with Gasteiger partial charge in [-0.1, -0.05) is 129 Å². The van der Waals surface area contributed by atoms with E-state index in [4.69, 9.17) is 21.7 Å². The van der Waals surface area contributed by atoms with E-state index in [1.54, 1.807) is 0 Å². The van der Waals surface area contributed by atoms with Crippen molar-refractivity contribution >= 4 is 23.9 Å². The smallest absolute Gasteiger partial charge is 0.481 e. The zero-order valence-corrected chi connectivity index (χ0v) is 27.3. The number of aliphatic carboxylic acids is 1. The third-order valence-corrected chi connectivity index (χ3v) is 6.58. The molecule has 0 unspecified atom stereocenters. The molecule has 0 spiro atoms. The molecule has 0 rings (SSSR count). The third kappa shape index (κ3) is 56.1. The molecule has 0 atom stereocenters. The Morgan fingerprint density at radius 3 is 1.14 bits per heavy atom. The van der Waals surface area contributed by atoms with E-state index in [1.165, 1.54) is 89.9 Å². The number of amides is 2. The minimum Gasteiger partial charge on any atom is -0.481 e. The minimum atomic E-state index is -1.57. The lowest BCUT2D eigenvalue weighted by Gasteiger charge is -2.00. The molecule has 0 bridgehead atoms. The second kappa shape index (κ2) is 39.6. The third-order valence-electron chi connectivity index (χ3n) is 6.58. The first-order valence-corrected chi connectivity index (χ1v) is 16.6. The van der Waals surface area contributed by atoms with Crippen molar-refractivity contribution in [2.45, 2.75) is 174 Å². The first-order chi connectivity index (χ1) is 20.7. The van der Waals surface area contributed by atoms with Crippen LogP contribution in [0.1, 0.15) is 174 Å². The first kappa shape index (κ1) is 45.0. The molecule has 11 nitrogen and oxygen atoms in total. The molecule has 0 aliphatic rings. The predicted octanol–water partition coefficient (Wildman–Crippen LogP) is 8.36. The number of hydrogen-bond acceptors (Lipinski definition) is 7. The second-order valence-corrected chi connectivity index (χ2v) is 10.9. The monoisotopic (exact) mass is 620 g/mol. The van der Waals surface area contributed by atoms with Crippen molar-refractivity contribution in [1.29, 1.82) is 0 Å². The summed E-state index contributed by atoms with van der Waals surface area (Å²) in [6, 6.07) is 0. The van der Waals surface area contributed by atoms with Crippen molar-refractivity contribution < 1.29 is 44.2 Å². The second-order valence-electron chi connectivity index (χ2n) is 10.9. The van der Waals surface area contributed by atoms with E-state index in [-0.39, 0.29) is 24.8 Å². The number of unbranched alkanes of at least 4 members (excludes halogenated alkanes) is 19. The summed E-state index contributed by atoms with van der Waals surface area (Å²) in [7, 11) is 0.